The van der Waals surface area contributed by atoms with Crippen molar-refractivity contribution in [2.75, 3.05) is 6.61 Å². The van der Waals surface area contributed by atoms with E-state index in [1.165, 1.54) is 57.8 Å². The summed E-state index contributed by atoms with van der Waals surface area (Å²) in [7, 11) is 0. The lowest BCUT2D eigenvalue weighted by atomic mass is 10.0. The Morgan fingerprint density at radius 1 is 0.905 bits per heavy atom. The monoisotopic (exact) mass is 300 g/mol. The standard InChI is InChI=1S/C18H37NO2/c1-4-6-7-8-9-10-11-12-13-14-15-21-18(20)17(19)16(3)5-2/h16-17H,4-15,19H2,1-3H3/p+1. The van der Waals surface area contributed by atoms with Crippen LogP contribution in [-0.2, 0) is 9.53 Å². The van der Waals surface area contributed by atoms with E-state index in [0.717, 1.165) is 12.8 Å². The van der Waals surface area contributed by atoms with Gasteiger partial charge in [-0.05, 0) is 12.8 Å². The van der Waals surface area contributed by atoms with E-state index in [2.05, 4.69) is 26.5 Å². The molecule has 0 saturated carbocycles. The molecule has 2 atom stereocenters. The molecule has 0 fully saturated rings. The summed E-state index contributed by atoms with van der Waals surface area (Å²) in [5.74, 6) is 0.186. The molecule has 0 heterocycles. The maximum absolute atomic E-state index is 11.7. The van der Waals surface area contributed by atoms with E-state index in [-0.39, 0.29) is 12.0 Å². The smallest absolute Gasteiger partial charge is 0.365 e. The zero-order valence-corrected chi connectivity index (χ0v) is 14.7. The minimum absolute atomic E-state index is 0.125. The third-order valence-corrected chi connectivity index (χ3v) is 4.38. The van der Waals surface area contributed by atoms with Crippen LogP contribution in [0.2, 0.25) is 0 Å². The van der Waals surface area contributed by atoms with Gasteiger partial charge >= 0.3 is 5.97 Å². The maximum atomic E-state index is 11.7. The lowest BCUT2D eigenvalue weighted by Crippen LogP contribution is -2.68. The summed E-state index contributed by atoms with van der Waals surface area (Å²) < 4.78 is 5.30. The average Bonchev–Trinajstić information content (AvgIpc) is 2.50. The van der Waals surface area contributed by atoms with Gasteiger partial charge in [0.25, 0.3) is 0 Å². The number of ether oxygens (including phenoxy) is 1. The molecular weight excluding hydrogens is 262 g/mol. The first-order valence-electron chi connectivity index (χ1n) is 9.13. The summed E-state index contributed by atoms with van der Waals surface area (Å²) in [6, 6.07) is -0.210. The van der Waals surface area contributed by atoms with Crippen LogP contribution in [0.15, 0.2) is 0 Å². The van der Waals surface area contributed by atoms with Crippen molar-refractivity contribution in [2.24, 2.45) is 5.92 Å². The Labute approximate surface area is 132 Å². The number of hydrogen-bond acceptors (Lipinski definition) is 2. The molecule has 0 aliphatic rings. The van der Waals surface area contributed by atoms with Crippen molar-refractivity contribution >= 4 is 5.97 Å². The molecule has 0 radical (unpaired) electrons. The molecule has 0 aliphatic heterocycles. The van der Waals surface area contributed by atoms with Crippen LogP contribution < -0.4 is 5.73 Å². The first-order valence-corrected chi connectivity index (χ1v) is 9.13. The molecule has 3 nitrogen and oxygen atoms in total. The highest BCUT2D eigenvalue weighted by Gasteiger charge is 2.24. The molecule has 0 saturated heterocycles. The molecule has 3 heteroatoms. The van der Waals surface area contributed by atoms with Crippen LogP contribution in [0, 0.1) is 5.92 Å². The van der Waals surface area contributed by atoms with E-state index in [9.17, 15) is 4.79 Å². The fraction of sp³-hybridized carbons (Fsp3) is 0.944. The Morgan fingerprint density at radius 3 is 1.86 bits per heavy atom. The number of quaternary nitrogens is 1. The van der Waals surface area contributed by atoms with Gasteiger partial charge in [0, 0.05) is 5.92 Å². The number of rotatable bonds is 14. The Bertz CT molecular complexity index is 243. The first-order chi connectivity index (χ1) is 10.1. The van der Waals surface area contributed by atoms with Crippen LogP contribution in [0.25, 0.3) is 0 Å². The lowest BCUT2D eigenvalue weighted by molar-refractivity contribution is -0.420. The molecule has 0 aromatic heterocycles. The van der Waals surface area contributed by atoms with Crippen molar-refractivity contribution < 1.29 is 15.3 Å². The summed E-state index contributed by atoms with van der Waals surface area (Å²) in [5, 5.41) is 0. The van der Waals surface area contributed by atoms with Crippen LogP contribution in [0.4, 0.5) is 0 Å². The second-order valence-corrected chi connectivity index (χ2v) is 6.34. The molecule has 0 rings (SSSR count). The quantitative estimate of drug-likeness (QED) is 0.388. The number of carbonyl (C=O) groups is 1. The maximum Gasteiger partial charge on any atom is 0.365 e. The van der Waals surface area contributed by atoms with Gasteiger partial charge in [-0.25, -0.2) is 4.79 Å². The minimum Gasteiger partial charge on any atom is -0.461 e. The zero-order valence-electron chi connectivity index (χ0n) is 14.7. The van der Waals surface area contributed by atoms with E-state index in [4.69, 9.17) is 4.74 Å². The van der Waals surface area contributed by atoms with Gasteiger partial charge in [0.15, 0.2) is 6.04 Å². The third kappa shape index (κ3) is 11.7. The van der Waals surface area contributed by atoms with E-state index < -0.39 is 0 Å². The molecule has 0 aromatic carbocycles. The second kappa shape index (κ2) is 14.4. The summed E-state index contributed by atoms with van der Waals surface area (Å²) >= 11 is 0. The van der Waals surface area contributed by atoms with E-state index in [0.29, 0.717) is 12.5 Å². The number of unbranched alkanes of at least 4 members (excludes halogenated alkanes) is 9. The topological polar surface area (TPSA) is 53.9 Å². The summed E-state index contributed by atoms with van der Waals surface area (Å²) in [4.78, 5) is 11.7. The van der Waals surface area contributed by atoms with Gasteiger partial charge in [-0.2, -0.15) is 0 Å². The Balaban J connectivity index is 3.30. The molecule has 3 N–H and O–H groups in total. The zero-order chi connectivity index (χ0) is 15.9. The van der Waals surface area contributed by atoms with Crippen LogP contribution in [0.5, 0.6) is 0 Å². The normalized spacial score (nSPS) is 13.9. The van der Waals surface area contributed by atoms with Crippen molar-refractivity contribution in [3.63, 3.8) is 0 Å². The molecule has 0 bridgehead atoms. The molecule has 126 valence electrons. The summed E-state index contributed by atoms with van der Waals surface area (Å²) in [5.41, 5.74) is 3.90. The second-order valence-electron chi connectivity index (χ2n) is 6.34. The first kappa shape index (κ1) is 20.4. The van der Waals surface area contributed by atoms with E-state index >= 15 is 0 Å². The average molecular weight is 301 g/mol. The van der Waals surface area contributed by atoms with Crippen molar-refractivity contribution in [1.82, 2.24) is 0 Å². The highest BCUT2D eigenvalue weighted by molar-refractivity contribution is 5.74. The molecular formula is C18H38NO2+. The van der Waals surface area contributed by atoms with Crippen molar-refractivity contribution in [1.29, 1.82) is 0 Å². The molecule has 0 aromatic rings. The van der Waals surface area contributed by atoms with Gasteiger partial charge in [0.05, 0.1) is 6.61 Å². The van der Waals surface area contributed by atoms with Gasteiger partial charge in [0.2, 0.25) is 0 Å². The van der Waals surface area contributed by atoms with Crippen LogP contribution in [-0.4, -0.2) is 18.6 Å². The SMILES string of the molecule is CCCCCCCCCCCCOC(=O)C([NH3+])C(C)CC. The van der Waals surface area contributed by atoms with Crippen molar-refractivity contribution in [3.8, 4) is 0 Å². The van der Waals surface area contributed by atoms with E-state index in [1.807, 2.05) is 0 Å². The van der Waals surface area contributed by atoms with Crippen LogP contribution >= 0.6 is 0 Å². The van der Waals surface area contributed by atoms with Gasteiger partial charge in [0.1, 0.15) is 0 Å². The Morgan fingerprint density at radius 2 is 1.38 bits per heavy atom. The molecule has 0 amide bonds. The summed E-state index contributed by atoms with van der Waals surface area (Å²) in [6.45, 7) is 6.96. The predicted octanol–water partition coefficient (Wildman–Crippen LogP) is 4.11. The van der Waals surface area contributed by atoms with Crippen LogP contribution in [0.3, 0.4) is 0 Å². The summed E-state index contributed by atoms with van der Waals surface area (Å²) in [6.07, 6.45) is 14.0. The Hall–Kier alpha value is -0.570. The lowest BCUT2D eigenvalue weighted by Gasteiger charge is -2.13. The van der Waals surface area contributed by atoms with Gasteiger partial charge in [-0.1, -0.05) is 78.6 Å². The molecule has 0 spiro atoms. The Kier molecular flexibility index (Phi) is 14.0. The van der Waals surface area contributed by atoms with E-state index in [1.54, 1.807) is 0 Å². The predicted molar refractivity (Wildman–Crippen MR) is 88.9 cm³/mol. The minimum atomic E-state index is -0.210. The van der Waals surface area contributed by atoms with Crippen molar-refractivity contribution in [2.45, 2.75) is 97.4 Å². The number of esters is 1. The fourth-order valence-electron chi connectivity index (χ4n) is 2.39. The highest BCUT2D eigenvalue weighted by atomic mass is 16.5. The van der Waals surface area contributed by atoms with Gasteiger partial charge in [-0.15, -0.1) is 0 Å². The van der Waals surface area contributed by atoms with Gasteiger partial charge < -0.3 is 10.5 Å². The fourth-order valence-corrected chi connectivity index (χ4v) is 2.39. The largest absolute Gasteiger partial charge is 0.461 e. The highest BCUT2D eigenvalue weighted by Crippen LogP contribution is 2.11. The number of hydrogen-bond donors (Lipinski definition) is 1. The van der Waals surface area contributed by atoms with Crippen molar-refractivity contribution in [3.05, 3.63) is 0 Å². The third-order valence-electron chi connectivity index (χ3n) is 4.38. The molecule has 2 unspecified atom stereocenters. The number of carbonyl (C=O) groups excluding carboxylic acids is 1. The molecule has 21 heavy (non-hydrogen) atoms. The van der Waals surface area contributed by atoms with Gasteiger partial charge in [-0.3, -0.25) is 0 Å². The molecule has 0 aliphatic carbocycles. The van der Waals surface area contributed by atoms with Crippen LogP contribution in [0.1, 0.15) is 91.4 Å².